The number of aldehydes is 1. The van der Waals surface area contributed by atoms with E-state index in [9.17, 15) is 4.79 Å². The molecule has 0 aliphatic rings. The SMILES string of the molecule is COCCNc1ccc(C=O)cc1. The fourth-order valence-electron chi connectivity index (χ4n) is 0.977. The summed E-state index contributed by atoms with van der Waals surface area (Å²) in [6.45, 7) is 1.45. The molecule has 0 atom stereocenters. The Morgan fingerprint density at radius 2 is 2.08 bits per heavy atom. The highest BCUT2D eigenvalue weighted by molar-refractivity contribution is 5.75. The Balaban J connectivity index is 2.44. The maximum Gasteiger partial charge on any atom is 0.150 e. The molecular weight excluding hydrogens is 166 g/mol. The zero-order valence-corrected chi connectivity index (χ0v) is 7.62. The summed E-state index contributed by atoms with van der Waals surface area (Å²) in [7, 11) is 1.66. The second kappa shape index (κ2) is 5.32. The summed E-state index contributed by atoms with van der Waals surface area (Å²) >= 11 is 0. The first-order valence-electron chi connectivity index (χ1n) is 4.15. The molecule has 13 heavy (non-hydrogen) atoms. The average molecular weight is 179 g/mol. The van der Waals surface area contributed by atoms with E-state index < -0.39 is 0 Å². The van der Waals surface area contributed by atoms with E-state index in [1.807, 2.05) is 12.1 Å². The summed E-state index contributed by atoms with van der Waals surface area (Å²) in [5.41, 5.74) is 1.69. The molecule has 1 aromatic rings. The van der Waals surface area contributed by atoms with E-state index in [1.54, 1.807) is 19.2 Å². The maximum atomic E-state index is 10.3. The smallest absolute Gasteiger partial charge is 0.150 e. The number of carbonyl (C=O) groups is 1. The number of benzene rings is 1. The van der Waals surface area contributed by atoms with Crippen LogP contribution in [0.1, 0.15) is 10.4 Å². The summed E-state index contributed by atoms with van der Waals surface area (Å²) in [6.07, 6.45) is 0.832. The number of carbonyl (C=O) groups excluding carboxylic acids is 1. The second-order valence-electron chi connectivity index (χ2n) is 2.66. The van der Waals surface area contributed by atoms with Crippen LogP contribution in [0.25, 0.3) is 0 Å². The third-order valence-electron chi connectivity index (χ3n) is 1.68. The van der Waals surface area contributed by atoms with Crippen LogP contribution in [0.2, 0.25) is 0 Å². The lowest BCUT2D eigenvalue weighted by Gasteiger charge is -2.04. The van der Waals surface area contributed by atoms with Crippen molar-refractivity contribution in [3.63, 3.8) is 0 Å². The van der Waals surface area contributed by atoms with Gasteiger partial charge in [-0.15, -0.1) is 0 Å². The van der Waals surface area contributed by atoms with E-state index in [1.165, 1.54) is 0 Å². The fourth-order valence-corrected chi connectivity index (χ4v) is 0.977. The number of hydrogen-bond donors (Lipinski definition) is 1. The van der Waals surface area contributed by atoms with Crippen LogP contribution in [-0.4, -0.2) is 26.5 Å². The van der Waals surface area contributed by atoms with Crippen molar-refractivity contribution in [2.75, 3.05) is 25.6 Å². The first-order valence-corrected chi connectivity index (χ1v) is 4.15. The molecule has 0 aromatic heterocycles. The molecule has 0 spiro atoms. The van der Waals surface area contributed by atoms with Crippen LogP contribution in [0.15, 0.2) is 24.3 Å². The molecule has 0 heterocycles. The number of nitrogens with one attached hydrogen (secondary N) is 1. The average Bonchev–Trinajstić information content (AvgIpc) is 2.19. The molecule has 0 amide bonds. The van der Waals surface area contributed by atoms with Gasteiger partial charge in [-0.1, -0.05) is 0 Å². The number of anilines is 1. The third-order valence-corrected chi connectivity index (χ3v) is 1.68. The minimum Gasteiger partial charge on any atom is -0.383 e. The lowest BCUT2D eigenvalue weighted by molar-refractivity contribution is 0.112. The number of rotatable bonds is 5. The molecule has 0 unspecified atom stereocenters. The van der Waals surface area contributed by atoms with Gasteiger partial charge < -0.3 is 10.1 Å². The summed E-state index contributed by atoms with van der Waals surface area (Å²) in [6, 6.07) is 7.31. The largest absolute Gasteiger partial charge is 0.383 e. The van der Waals surface area contributed by atoms with E-state index in [0.717, 1.165) is 18.5 Å². The molecule has 0 aliphatic heterocycles. The van der Waals surface area contributed by atoms with Gasteiger partial charge in [-0.05, 0) is 24.3 Å². The van der Waals surface area contributed by atoms with E-state index in [-0.39, 0.29) is 0 Å². The van der Waals surface area contributed by atoms with Crippen LogP contribution < -0.4 is 5.32 Å². The molecule has 3 heteroatoms. The maximum absolute atomic E-state index is 10.3. The molecule has 1 aromatic carbocycles. The Kier molecular flexibility index (Phi) is 3.99. The zero-order valence-electron chi connectivity index (χ0n) is 7.62. The minimum absolute atomic E-state index is 0.676. The molecular formula is C10H13NO2. The Bertz CT molecular complexity index is 256. The van der Waals surface area contributed by atoms with Gasteiger partial charge in [0.2, 0.25) is 0 Å². The number of methoxy groups -OCH3 is 1. The fraction of sp³-hybridized carbons (Fsp3) is 0.300. The number of ether oxygens (including phenoxy) is 1. The van der Waals surface area contributed by atoms with Crippen LogP contribution in [0.3, 0.4) is 0 Å². The lowest BCUT2D eigenvalue weighted by Crippen LogP contribution is -2.07. The Morgan fingerprint density at radius 3 is 2.62 bits per heavy atom. The highest BCUT2D eigenvalue weighted by atomic mass is 16.5. The molecule has 0 radical (unpaired) electrons. The molecule has 0 bridgehead atoms. The van der Waals surface area contributed by atoms with Gasteiger partial charge in [0, 0.05) is 24.9 Å². The van der Waals surface area contributed by atoms with Gasteiger partial charge >= 0.3 is 0 Å². The van der Waals surface area contributed by atoms with E-state index in [2.05, 4.69) is 5.32 Å². The van der Waals surface area contributed by atoms with Gasteiger partial charge in [-0.2, -0.15) is 0 Å². The Labute approximate surface area is 77.7 Å². The molecule has 70 valence electrons. The normalized spacial score (nSPS) is 9.62. The molecule has 0 fully saturated rings. The molecule has 1 N–H and O–H groups in total. The number of hydrogen-bond acceptors (Lipinski definition) is 3. The summed E-state index contributed by atoms with van der Waals surface area (Å²) < 4.78 is 4.89. The van der Waals surface area contributed by atoms with Gasteiger partial charge in [-0.3, -0.25) is 4.79 Å². The quantitative estimate of drug-likeness (QED) is 0.550. The second-order valence-corrected chi connectivity index (χ2v) is 2.66. The van der Waals surface area contributed by atoms with Crippen molar-refractivity contribution in [3.8, 4) is 0 Å². The summed E-state index contributed by atoms with van der Waals surface area (Å²) in [5, 5.41) is 3.16. The monoisotopic (exact) mass is 179 g/mol. The lowest BCUT2D eigenvalue weighted by atomic mass is 10.2. The highest BCUT2D eigenvalue weighted by Gasteiger charge is 1.91. The van der Waals surface area contributed by atoms with Crippen molar-refractivity contribution in [2.24, 2.45) is 0 Å². The highest BCUT2D eigenvalue weighted by Crippen LogP contribution is 2.07. The van der Waals surface area contributed by atoms with Crippen molar-refractivity contribution in [3.05, 3.63) is 29.8 Å². The summed E-state index contributed by atoms with van der Waals surface area (Å²) in [5.74, 6) is 0. The van der Waals surface area contributed by atoms with Gasteiger partial charge in [0.05, 0.1) is 6.61 Å². The van der Waals surface area contributed by atoms with Crippen molar-refractivity contribution >= 4 is 12.0 Å². The Morgan fingerprint density at radius 1 is 1.38 bits per heavy atom. The first-order chi connectivity index (χ1) is 6.36. The van der Waals surface area contributed by atoms with Crippen molar-refractivity contribution in [1.82, 2.24) is 0 Å². The predicted molar refractivity (Wildman–Crippen MR) is 52.2 cm³/mol. The van der Waals surface area contributed by atoms with Gasteiger partial charge in [0.25, 0.3) is 0 Å². The predicted octanol–water partition coefficient (Wildman–Crippen LogP) is 1.56. The van der Waals surface area contributed by atoms with Crippen molar-refractivity contribution in [1.29, 1.82) is 0 Å². The summed E-state index contributed by atoms with van der Waals surface area (Å²) in [4.78, 5) is 10.3. The van der Waals surface area contributed by atoms with E-state index >= 15 is 0 Å². The van der Waals surface area contributed by atoms with Crippen LogP contribution >= 0.6 is 0 Å². The third kappa shape index (κ3) is 3.25. The topological polar surface area (TPSA) is 38.3 Å². The Hall–Kier alpha value is -1.35. The van der Waals surface area contributed by atoms with E-state index in [0.29, 0.717) is 12.2 Å². The van der Waals surface area contributed by atoms with Crippen LogP contribution in [0.5, 0.6) is 0 Å². The van der Waals surface area contributed by atoms with Gasteiger partial charge in [0.15, 0.2) is 0 Å². The molecule has 1 rings (SSSR count). The molecule has 0 aliphatic carbocycles. The first kappa shape index (κ1) is 9.74. The van der Waals surface area contributed by atoms with Crippen LogP contribution in [0.4, 0.5) is 5.69 Å². The standard InChI is InChI=1S/C10H13NO2/c1-13-7-6-11-10-4-2-9(8-12)3-5-10/h2-5,8,11H,6-7H2,1H3. The van der Waals surface area contributed by atoms with Crippen molar-refractivity contribution < 1.29 is 9.53 Å². The van der Waals surface area contributed by atoms with Crippen LogP contribution in [0, 0.1) is 0 Å². The molecule has 0 saturated carbocycles. The molecule has 0 saturated heterocycles. The molecule has 3 nitrogen and oxygen atoms in total. The van der Waals surface area contributed by atoms with Gasteiger partial charge in [-0.25, -0.2) is 0 Å². The van der Waals surface area contributed by atoms with Crippen molar-refractivity contribution in [2.45, 2.75) is 0 Å². The van der Waals surface area contributed by atoms with Gasteiger partial charge in [0.1, 0.15) is 6.29 Å². The minimum atomic E-state index is 0.676. The van der Waals surface area contributed by atoms with E-state index in [4.69, 9.17) is 4.74 Å². The van der Waals surface area contributed by atoms with Crippen LogP contribution in [-0.2, 0) is 4.74 Å². The zero-order chi connectivity index (χ0) is 9.52.